The van der Waals surface area contributed by atoms with Crippen molar-refractivity contribution in [1.82, 2.24) is 0 Å². The Morgan fingerprint density at radius 2 is 1.67 bits per heavy atom. The standard InChI is InChI=1S/C32H28Cl2N2O3/c1-17-15-25-32(21-10-6-7-11-23(21)35-30(32)39)26(28(37)20-14-13-18(33)16-22(20)34)27(29(38)31(2,3)4)36(25)24-12-8-5-9-19(17)24/h5-16,25-27H,1-4H3,(H,35,39)/t25-,26+,27+,32-/m1/s1. The van der Waals surface area contributed by atoms with Crippen molar-refractivity contribution >= 4 is 57.6 Å². The van der Waals surface area contributed by atoms with Crippen LogP contribution in [0.2, 0.25) is 10.0 Å². The second-order valence-corrected chi connectivity index (χ2v) is 12.5. The summed E-state index contributed by atoms with van der Waals surface area (Å²) in [4.78, 5) is 45.6. The van der Waals surface area contributed by atoms with E-state index in [9.17, 15) is 14.4 Å². The van der Waals surface area contributed by atoms with Crippen molar-refractivity contribution in [3.8, 4) is 0 Å². The third kappa shape index (κ3) is 3.56. The first-order valence-corrected chi connectivity index (χ1v) is 13.7. The lowest BCUT2D eigenvalue weighted by atomic mass is 9.63. The van der Waals surface area contributed by atoms with Gasteiger partial charge in [0.2, 0.25) is 5.91 Å². The molecule has 3 aromatic rings. The van der Waals surface area contributed by atoms with Crippen LogP contribution < -0.4 is 10.2 Å². The first-order chi connectivity index (χ1) is 18.5. The quantitative estimate of drug-likeness (QED) is 0.352. The van der Waals surface area contributed by atoms with Gasteiger partial charge in [0.05, 0.1) is 17.0 Å². The molecule has 3 heterocycles. The van der Waals surface area contributed by atoms with Gasteiger partial charge in [0.1, 0.15) is 11.5 Å². The van der Waals surface area contributed by atoms with Crippen LogP contribution in [0.15, 0.2) is 72.8 Å². The third-order valence-corrected chi connectivity index (χ3v) is 8.92. The second kappa shape index (κ2) is 8.80. The minimum Gasteiger partial charge on any atom is -0.352 e. The number of amides is 1. The first kappa shape index (κ1) is 25.8. The summed E-state index contributed by atoms with van der Waals surface area (Å²) in [7, 11) is 0. The number of fused-ring (bicyclic) bond motifs is 6. The molecule has 1 amide bonds. The molecule has 4 atom stereocenters. The molecule has 3 aromatic carbocycles. The Bertz CT molecular complexity index is 1600. The minimum atomic E-state index is -1.36. The molecule has 5 nitrogen and oxygen atoms in total. The van der Waals surface area contributed by atoms with Crippen molar-refractivity contribution in [3.63, 3.8) is 0 Å². The molecular formula is C32H28Cl2N2O3. The average Bonchev–Trinajstić information content (AvgIpc) is 3.35. The highest BCUT2D eigenvalue weighted by molar-refractivity contribution is 6.37. The molecule has 1 saturated heterocycles. The van der Waals surface area contributed by atoms with Gasteiger partial charge in [-0.3, -0.25) is 14.4 Å². The lowest BCUT2D eigenvalue weighted by Gasteiger charge is -2.39. The van der Waals surface area contributed by atoms with Crippen LogP contribution in [0, 0.1) is 11.3 Å². The van der Waals surface area contributed by atoms with Gasteiger partial charge in [-0.1, -0.05) is 86.4 Å². The van der Waals surface area contributed by atoms with Crippen molar-refractivity contribution in [2.45, 2.75) is 45.2 Å². The van der Waals surface area contributed by atoms with Crippen LogP contribution in [0.1, 0.15) is 49.2 Å². The number of carbonyl (C=O) groups is 3. The highest BCUT2D eigenvalue weighted by atomic mass is 35.5. The smallest absolute Gasteiger partial charge is 0.238 e. The molecule has 0 unspecified atom stereocenters. The average molecular weight is 559 g/mol. The topological polar surface area (TPSA) is 66.5 Å². The number of nitrogens with zero attached hydrogens (tertiary/aromatic N) is 1. The van der Waals surface area contributed by atoms with Crippen LogP contribution in [0.4, 0.5) is 11.4 Å². The van der Waals surface area contributed by atoms with Crippen LogP contribution in [-0.2, 0) is 15.0 Å². The highest BCUT2D eigenvalue weighted by Gasteiger charge is 2.71. The predicted molar refractivity (Wildman–Crippen MR) is 156 cm³/mol. The summed E-state index contributed by atoms with van der Waals surface area (Å²) in [6.45, 7) is 7.57. The number of ketones is 2. The summed E-state index contributed by atoms with van der Waals surface area (Å²) in [5.41, 5.74) is 2.24. The van der Waals surface area contributed by atoms with E-state index in [1.807, 2.05) is 87.2 Å². The van der Waals surface area contributed by atoms with E-state index in [4.69, 9.17) is 23.2 Å². The lowest BCUT2D eigenvalue weighted by molar-refractivity contribution is -0.128. The molecule has 39 heavy (non-hydrogen) atoms. The fourth-order valence-electron chi connectivity index (χ4n) is 6.69. The molecule has 6 rings (SSSR count). The van der Waals surface area contributed by atoms with Gasteiger partial charge < -0.3 is 10.2 Å². The summed E-state index contributed by atoms with van der Waals surface area (Å²) in [5, 5.41) is 3.63. The molecule has 3 aliphatic rings. The third-order valence-electron chi connectivity index (χ3n) is 8.37. The Balaban J connectivity index is 1.71. The number of carbonyl (C=O) groups excluding carboxylic acids is 3. The zero-order valence-electron chi connectivity index (χ0n) is 22.1. The normalized spacial score (nSPS) is 25.1. The van der Waals surface area contributed by atoms with E-state index in [1.54, 1.807) is 12.1 Å². The largest absolute Gasteiger partial charge is 0.352 e. The number of allylic oxidation sites excluding steroid dienone is 1. The molecule has 0 aromatic heterocycles. The van der Waals surface area contributed by atoms with Gasteiger partial charge in [-0.2, -0.15) is 0 Å². The van der Waals surface area contributed by atoms with Crippen LogP contribution in [-0.4, -0.2) is 29.6 Å². The zero-order chi connectivity index (χ0) is 27.9. The molecule has 1 fully saturated rings. The summed E-state index contributed by atoms with van der Waals surface area (Å²) in [5.74, 6) is -1.82. The van der Waals surface area contributed by atoms with E-state index in [1.165, 1.54) is 6.07 Å². The summed E-state index contributed by atoms with van der Waals surface area (Å²) in [6, 6.07) is 18.5. The van der Waals surface area contributed by atoms with Crippen molar-refractivity contribution in [1.29, 1.82) is 0 Å². The molecule has 0 saturated carbocycles. The Labute approximate surface area is 237 Å². The van der Waals surface area contributed by atoms with Gasteiger partial charge in [-0.05, 0) is 48.4 Å². The molecule has 0 radical (unpaired) electrons. The Kier molecular flexibility index (Phi) is 5.83. The van der Waals surface area contributed by atoms with E-state index < -0.39 is 28.8 Å². The first-order valence-electron chi connectivity index (χ1n) is 13.0. The number of rotatable bonds is 3. The van der Waals surface area contributed by atoms with Crippen LogP contribution in [0.5, 0.6) is 0 Å². The zero-order valence-corrected chi connectivity index (χ0v) is 23.6. The maximum atomic E-state index is 14.8. The number of nitrogens with one attached hydrogen (secondary N) is 1. The molecule has 7 heteroatoms. The van der Waals surface area contributed by atoms with Crippen molar-refractivity contribution < 1.29 is 14.4 Å². The van der Waals surface area contributed by atoms with Crippen molar-refractivity contribution in [3.05, 3.63) is 99.5 Å². The maximum Gasteiger partial charge on any atom is 0.238 e. The molecule has 0 bridgehead atoms. The molecule has 3 aliphatic heterocycles. The highest BCUT2D eigenvalue weighted by Crippen LogP contribution is 2.59. The van der Waals surface area contributed by atoms with Crippen LogP contribution in [0.25, 0.3) is 5.57 Å². The maximum absolute atomic E-state index is 14.8. The monoisotopic (exact) mass is 558 g/mol. The molecule has 1 spiro atoms. The molecular weight excluding hydrogens is 531 g/mol. The number of halogens is 2. The van der Waals surface area contributed by atoms with Crippen molar-refractivity contribution in [2.24, 2.45) is 11.3 Å². The number of benzene rings is 3. The second-order valence-electron chi connectivity index (χ2n) is 11.6. The molecule has 198 valence electrons. The lowest BCUT2D eigenvalue weighted by Crippen LogP contribution is -2.51. The van der Waals surface area contributed by atoms with Crippen LogP contribution >= 0.6 is 23.2 Å². The predicted octanol–water partition coefficient (Wildman–Crippen LogP) is 6.97. The van der Waals surface area contributed by atoms with Gasteiger partial charge in [0.15, 0.2) is 11.6 Å². The Morgan fingerprint density at radius 1 is 0.974 bits per heavy atom. The van der Waals surface area contributed by atoms with Gasteiger partial charge in [-0.15, -0.1) is 0 Å². The Morgan fingerprint density at radius 3 is 2.38 bits per heavy atom. The number of hydrogen-bond donors (Lipinski definition) is 1. The van der Waals surface area contributed by atoms with Gasteiger partial charge in [0.25, 0.3) is 0 Å². The van der Waals surface area contributed by atoms with Crippen LogP contribution in [0.3, 0.4) is 0 Å². The van der Waals surface area contributed by atoms with Gasteiger partial charge in [0, 0.05) is 32.9 Å². The SMILES string of the molecule is CC1=C[C@H]2N(c3ccccc31)[C@H](C(=O)C(C)(C)C)[C@@H](C(=O)c1ccc(Cl)cc1Cl)[C@]21C(=O)Nc2ccccc21. The van der Waals surface area contributed by atoms with Gasteiger partial charge >= 0.3 is 0 Å². The summed E-state index contributed by atoms with van der Waals surface area (Å²) >= 11 is 12.8. The van der Waals surface area contributed by atoms with E-state index in [0.717, 1.165) is 16.8 Å². The fourth-order valence-corrected chi connectivity index (χ4v) is 7.19. The molecule has 1 N–H and O–H groups in total. The fraction of sp³-hybridized carbons (Fsp3) is 0.281. The van der Waals surface area contributed by atoms with E-state index in [-0.39, 0.29) is 28.1 Å². The van der Waals surface area contributed by atoms with Gasteiger partial charge in [-0.25, -0.2) is 0 Å². The number of Topliss-reactive ketones (excluding diaryl/α,β-unsaturated/α-hetero) is 2. The van der Waals surface area contributed by atoms with E-state index >= 15 is 0 Å². The molecule has 0 aliphatic carbocycles. The van der Waals surface area contributed by atoms with E-state index in [0.29, 0.717) is 16.3 Å². The summed E-state index contributed by atoms with van der Waals surface area (Å²) in [6.07, 6.45) is 2.05. The number of anilines is 2. The minimum absolute atomic E-state index is 0.118. The van der Waals surface area contributed by atoms with E-state index in [2.05, 4.69) is 5.32 Å². The number of hydrogen-bond acceptors (Lipinski definition) is 4. The van der Waals surface area contributed by atoms with Crippen molar-refractivity contribution in [2.75, 3.05) is 10.2 Å². The number of para-hydroxylation sites is 2. The Hall–Kier alpha value is -3.41. The summed E-state index contributed by atoms with van der Waals surface area (Å²) < 4.78 is 0.